The molecule has 2 rings (SSSR count). The molecule has 1 amide bonds. The van der Waals surface area contributed by atoms with Crippen LogP contribution in [0.5, 0.6) is 0 Å². The standard InChI is InChI=1S/C47H83N5O5S2/c1-3-5-7-9-11-13-15-17-22-26-30-34-43(54)56-37-41(38-57-44(55)35-31-27-23-18-16-14-12-10-8-6-4-2)52-42(53)33-29-25-21-19-20-24-28-32-36-58-59-47-45-46(49-39-48-45)50-40-51-47/h39-41H,3-38H2,1-2H3,(H,52,53)(H,48,49,50,51). The van der Waals surface area contributed by atoms with Crippen LogP contribution in [-0.2, 0) is 23.9 Å². The average Bonchev–Trinajstić information content (AvgIpc) is 3.73. The molecule has 0 aliphatic carbocycles. The number of ether oxygens (including phenoxy) is 2. The Balaban J connectivity index is 1.57. The number of imidazole rings is 1. The molecular formula is C47H83N5O5S2. The van der Waals surface area contributed by atoms with Gasteiger partial charge in [-0.25, -0.2) is 15.0 Å². The quantitative estimate of drug-likeness (QED) is 0.0287. The average molecular weight is 862 g/mol. The molecule has 0 bridgehead atoms. The van der Waals surface area contributed by atoms with Gasteiger partial charge in [-0.05, 0) is 36.5 Å². The Labute approximate surface area is 366 Å². The van der Waals surface area contributed by atoms with Crippen molar-refractivity contribution in [1.29, 1.82) is 0 Å². The lowest BCUT2D eigenvalue weighted by Crippen LogP contribution is -2.42. The van der Waals surface area contributed by atoms with Crippen LogP contribution < -0.4 is 5.32 Å². The Morgan fingerprint density at radius 2 is 0.983 bits per heavy atom. The predicted octanol–water partition coefficient (Wildman–Crippen LogP) is 13.6. The predicted molar refractivity (Wildman–Crippen MR) is 248 cm³/mol. The van der Waals surface area contributed by atoms with E-state index in [4.69, 9.17) is 9.47 Å². The summed E-state index contributed by atoms with van der Waals surface area (Å²) < 4.78 is 11.2. The largest absolute Gasteiger partial charge is 0.463 e. The molecule has 0 saturated heterocycles. The zero-order valence-corrected chi connectivity index (χ0v) is 39.0. The van der Waals surface area contributed by atoms with Crippen LogP contribution in [0.1, 0.15) is 226 Å². The number of nitrogens with one attached hydrogen (secondary N) is 2. The maximum Gasteiger partial charge on any atom is 0.305 e. The topological polar surface area (TPSA) is 136 Å². The normalized spacial score (nSPS) is 11.4. The minimum Gasteiger partial charge on any atom is -0.463 e. The van der Waals surface area contributed by atoms with Gasteiger partial charge < -0.3 is 19.8 Å². The molecule has 338 valence electrons. The summed E-state index contributed by atoms with van der Waals surface area (Å²) in [5.74, 6) is 0.507. The van der Waals surface area contributed by atoms with Crippen LogP contribution >= 0.6 is 21.6 Å². The monoisotopic (exact) mass is 862 g/mol. The van der Waals surface area contributed by atoms with Crippen molar-refractivity contribution in [2.75, 3.05) is 19.0 Å². The lowest BCUT2D eigenvalue weighted by molar-refractivity contribution is -0.149. The molecule has 0 fully saturated rings. The van der Waals surface area contributed by atoms with Crippen molar-refractivity contribution in [3.63, 3.8) is 0 Å². The van der Waals surface area contributed by atoms with Gasteiger partial charge in [-0.3, -0.25) is 14.4 Å². The highest BCUT2D eigenvalue weighted by Gasteiger charge is 2.18. The van der Waals surface area contributed by atoms with Gasteiger partial charge in [-0.2, -0.15) is 0 Å². The number of aromatic nitrogens is 4. The summed E-state index contributed by atoms with van der Waals surface area (Å²) in [5, 5.41) is 3.93. The van der Waals surface area contributed by atoms with E-state index >= 15 is 0 Å². The first-order chi connectivity index (χ1) is 29.0. The molecule has 0 saturated carbocycles. The number of fused-ring (bicyclic) bond motifs is 1. The molecule has 0 atom stereocenters. The minimum absolute atomic E-state index is 0.0281. The van der Waals surface area contributed by atoms with E-state index < -0.39 is 6.04 Å². The Kier molecular flexibility index (Phi) is 34.5. The first-order valence-corrected chi connectivity index (χ1v) is 26.4. The summed E-state index contributed by atoms with van der Waals surface area (Å²) in [6.45, 7) is 4.56. The van der Waals surface area contributed by atoms with E-state index in [0.29, 0.717) is 24.9 Å². The molecule has 2 heterocycles. The highest BCUT2D eigenvalue weighted by Crippen LogP contribution is 2.33. The Morgan fingerprint density at radius 3 is 1.46 bits per heavy atom. The molecule has 59 heavy (non-hydrogen) atoms. The molecule has 0 aliphatic rings. The summed E-state index contributed by atoms with van der Waals surface area (Å²) in [4.78, 5) is 53.9. The molecule has 0 spiro atoms. The summed E-state index contributed by atoms with van der Waals surface area (Å²) in [5.41, 5.74) is 1.61. The van der Waals surface area contributed by atoms with E-state index in [9.17, 15) is 14.4 Å². The van der Waals surface area contributed by atoms with Crippen molar-refractivity contribution in [2.24, 2.45) is 0 Å². The molecule has 0 aliphatic heterocycles. The minimum atomic E-state index is -0.533. The maximum atomic E-state index is 12.9. The Morgan fingerprint density at radius 1 is 0.559 bits per heavy atom. The number of esters is 2. The number of carbonyl (C=O) groups is 3. The highest BCUT2D eigenvalue weighted by atomic mass is 33.1. The van der Waals surface area contributed by atoms with Gasteiger partial charge in [-0.1, -0.05) is 192 Å². The van der Waals surface area contributed by atoms with Crippen LogP contribution in [0.25, 0.3) is 11.2 Å². The van der Waals surface area contributed by atoms with Crippen LogP contribution in [-0.4, -0.2) is 62.8 Å². The number of carbonyl (C=O) groups excluding carboxylic acids is 3. The van der Waals surface area contributed by atoms with Gasteiger partial charge in [0, 0.05) is 25.0 Å². The Hall–Kier alpha value is -2.34. The van der Waals surface area contributed by atoms with Crippen molar-refractivity contribution in [3.05, 3.63) is 12.7 Å². The summed E-state index contributed by atoms with van der Waals surface area (Å²) in [6, 6.07) is -0.533. The lowest BCUT2D eigenvalue weighted by Gasteiger charge is -2.19. The first-order valence-electron chi connectivity index (χ1n) is 24.1. The van der Waals surface area contributed by atoms with E-state index in [-0.39, 0.29) is 31.1 Å². The molecule has 10 nitrogen and oxygen atoms in total. The smallest absolute Gasteiger partial charge is 0.305 e. The second-order valence-electron chi connectivity index (χ2n) is 16.5. The van der Waals surface area contributed by atoms with Crippen molar-refractivity contribution >= 4 is 50.6 Å². The van der Waals surface area contributed by atoms with Crippen molar-refractivity contribution in [2.45, 2.75) is 237 Å². The van der Waals surface area contributed by atoms with Gasteiger partial charge in [0.05, 0.1) is 12.4 Å². The van der Waals surface area contributed by atoms with Crippen LogP contribution in [0.15, 0.2) is 17.7 Å². The Bertz CT molecular complexity index is 1270. The van der Waals surface area contributed by atoms with Gasteiger partial charge in [0.15, 0.2) is 5.65 Å². The SMILES string of the molecule is CCCCCCCCCCCCCC(=O)OCC(COC(=O)CCCCCCCCCCCCC)NC(=O)CCCCCCCCCCSSc1ncnc2nc[nH]c12. The number of amides is 1. The van der Waals surface area contributed by atoms with Gasteiger partial charge in [0.2, 0.25) is 5.91 Å². The molecule has 2 aromatic rings. The fourth-order valence-electron chi connectivity index (χ4n) is 7.24. The fourth-order valence-corrected chi connectivity index (χ4v) is 9.40. The molecule has 12 heteroatoms. The fraction of sp³-hybridized carbons (Fsp3) is 0.830. The van der Waals surface area contributed by atoms with Crippen LogP contribution in [0, 0.1) is 0 Å². The summed E-state index contributed by atoms with van der Waals surface area (Å²) >= 11 is 0. The van der Waals surface area contributed by atoms with E-state index in [2.05, 4.69) is 39.1 Å². The van der Waals surface area contributed by atoms with Gasteiger partial charge in [0.25, 0.3) is 0 Å². The number of aromatic amines is 1. The number of nitrogens with zero attached hydrogens (tertiary/aromatic N) is 3. The lowest BCUT2D eigenvalue weighted by atomic mass is 10.1. The third-order valence-corrected chi connectivity index (χ3v) is 13.3. The van der Waals surface area contributed by atoms with E-state index in [1.165, 1.54) is 135 Å². The first kappa shape index (κ1) is 52.8. The van der Waals surface area contributed by atoms with Gasteiger partial charge >= 0.3 is 11.9 Å². The summed E-state index contributed by atoms with van der Waals surface area (Å²) in [7, 11) is 3.50. The van der Waals surface area contributed by atoms with Gasteiger partial charge in [-0.15, -0.1) is 0 Å². The molecule has 2 N–H and O–H groups in total. The molecule has 0 radical (unpaired) electrons. The second kappa shape index (κ2) is 38.6. The molecule has 0 aromatic carbocycles. The van der Waals surface area contributed by atoms with Crippen LogP contribution in [0.3, 0.4) is 0 Å². The number of H-pyrrole nitrogens is 1. The molecule has 0 unspecified atom stereocenters. The second-order valence-corrected chi connectivity index (χ2v) is 18.9. The van der Waals surface area contributed by atoms with Gasteiger partial charge in [0.1, 0.15) is 30.1 Å². The third-order valence-electron chi connectivity index (χ3n) is 10.9. The molecule has 2 aromatic heterocycles. The highest BCUT2D eigenvalue weighted by molar-refractivity contribution is 8.76. The zero-order chi connectivity index (χ0) is 42.3. The van der Waals surface area contributed by atoms with Crippen molar-refractivity contribution in [1.82, 2.24) is 25.3 Å². The maximum absolute atomic E-state index is 12.9. The summed E-state index contributed by atoms with van der Waals surface area (Å²) in [6.07, 6.45) is 40.3. The third kappa shape index (κ3) is 30.4. The number of unbranched alkanes of at least 4 members (excludes halogenated alkanes) is 27. The van der Waals surface area contributed by atoms with Crippen LogP contribution in [0.2, 0.25) is 0 Å². The van der Waals surface area contributed by atoms with Crippen LogP contribution in [0.4, 0.5) is 0 Å². The van der Waals surface area contributed by atoms with E-state index in [1.54, 1.807) is 23.4 Å². The van der Waals surface area contributed by atoms with Crippen molar-refractivity contribution in [3.8, 4) is 0 Å². The van der Waals surface area contributed by atoms with E-state index in [1.807, 2.05) is 10.8 Å². The number of rotatable bonds is 42. The van der Waals surface area contributed by atoms with Crippen molar-refractivity contribution < 1.29 is 23.9 Å². The van der Waals surface area contributed by atoms with E-state index in [0.717, 1.165) is 74.1 Å². The zero-order valence-electron chi connectivity index (χ0n) is 37.4. The molecular weight excluding hydrogens is 779 g/mol. The number of hydrogen-bond donors (Lipinski definition) is 2. The number of hydrogen-bond acceptors (Lipinski definition) is 10.